The van der Waals surface area contributed by atoms with Gasteiger partial charge in [0.15, 0.2) is 5.78 Å². The third-order valence-corrected chi connectivity index (χ3v) is 7.37. The number of fused-ring (bicyclic) bond motifs is 1. The minimum absolute atomic E-state index is 0.0382. The first-order chi connectivity index (χ1) is 17.0. The molecule has 2 fully saturated rings. The Labute approximate surface area is 220 Å². The van der Waals surface area contributed by atoms with Crippen molar-refractivity contribution in [3.05, 3.63) is 35.4 Å². The van der Waals surface area contributed by atoms with Gasteiger partial charge in [0.1, 0.15) is 18.2 Å². The number of carbonyl (C=O) groups excluding carboxylic acids is 4. The number of Topliss-reactive ketones (excluding diaryl/α,β-unsaturated/α-hetero) is 1. The molecule has 3 rings (SSSR count). The lowest BCUT2D eigenvalue weighted by Crippen LogP contribution is -2.53. The molecule has 0 saturated carbocycles. The van der Waals surface area contributed by atoms with Crippen LogP contribution in [0.2, 0.25) is 0 Å². The highest BCUT2D eigenvalue weighted by atomic mass is 16.3. The van der Waals surface area contributed by atoms with Crippen LogP contribution in [0.1, 0.15) is 84.2 Å². The molecule has 0 aliphatic carbocycles. The van der Waals surface area contributed by atoms with Gasteiger partial charge in [-0.2, -0.15) is 0 Å². The van der Waals surface area contributed by atoms with E-state index >= 15 is 0 Å². The van der Waals surface area contributed by atoms with Crippen molar-refractivity contribution >= 4 is 23.5 Å². The van der Waals surface area contributed by atoms with Crippen molar-refractivity contribution in [3.63, 3.8) is 0 Å². The third-order valence-electron chi connectivity index (χ3n) is 7.37. The van der Waals surface area contributed by atoms with E-state index < -0.39 is 35.6 Å². The first kappa shape index (κ1) is 28.8. The summed E-state index contributed by atoms with van der Waals surface area (Å²) in [6.07, 6.45) is -0.346. The second kappa shape index (κ2) is 10.6. The molecular formula is C29H43N3O5. The van der Waals surface area contributed by atoms with Gasteiger partial charge >= 0.3 is 0 Å². The molecule has 8 nitrogen and oxygen atoms in total. The van der Waals surface area contributed by atoms with Gasteiger partial charge in [-0.25, -0.2) is 0 Å². The van der Waals surface area contributed by atoms with E-state index in [2.05, 4.69) is 26.1 Å². The Balaban J connectivity index is 1.77. The molecule has 2 saturated heterocycles. The second-order valence-electron chi connectivity index (χ2n) is 13.0. The molecule has 0 radical (unpaired) electrons. The summed E-state index contributed by atoms with van der Waals surface area (Å²) in [5, 5.41) is 13.4. The molecule has 0 aromatic heterocycles. The van der Waals surface area contributed by atoms with Crippen LogP contribution in [-0.4, -0.2) is 75.7 Å². The number of rotatable bonds is 6. The zero-order chi connectivity index (χ0) is 27.9. The Hall–Kier alpha value is -2.74. The highest BCUT2D eigenvalue weighted by Crippen LogP contribution is 2.33. The molecule has 3 amide bonds. The molecule has 2 N–H and O–H groups in total. The van der Waals surface area contributed by atoms with Crippen LogP contribution in [0.5, 0.6) is 0 Å². The smallest absolute Gasteiger partial charge is 0.252 e. The first-order valence-electron chi connectivity index (χ1n) is 13.3. The molecule has 2 aliphatic rings. The lowest BCUT2D eigenvalue weighted by atomic mass is 9.86. The van der Waals surface area contributed by atoms with E-state index in [0.717, 1.165) is 5.56 Å². The van der Waals surface area contributed by atoms with Crippen molar-refractivity contribution in [1.29, 1.82) is 0 Å². The standard InChI is InChI=1S/C29H43N3O5/c1-17(2)15-20(30-25(35)18-9-11-19(12-10-18)28(3,4)5)26(36)31-14-13-21-23(31)22(33)16-32(21)27(37)24(34)29(6,7)8/h9-12,17,20-21,23-24,34H,13-16H2,1-8H3,(H,30,35). The molecule has 4 atom stereocenters. The number of benzene rings is 1. The summed E-state index contributed by atoms with van der Waals surface area (Å²) in [7, 11) is 0. The van der Waals surface area contributed by atoms with E-state index in [0.29, 0.717) is 24.9 Å². The van der Waals surface area contributed by atoms with Gasteiger partial charge in [0.2, 0.25) is 5.91 Å². The SMILES string of the molecule is CC(C)CC(NC(=O)c1ccc(C(C)(C)C)cc1)C(=O)N1CCC2C1C(=O)CN2C(=O)C(O)C(C)(C)C. The summed E-state index contributed by atoms with van der Waals surface area (Å²) < 4.78 is 0. The fourth-order valence-electron chi connectivity index (χ4n) is 5.14. The van der Waals surface area contributed by atoms with Crippen molar-refractivity contribution in [2.45, 2.75) is 97.9 Å². The lowest BCUT2D eigenvalue weighted by molar-refractivity contribution is -0.147. The summed E-state index contributed by atoms with van der Waals surface area (Å²) in [6.45, 7) is 15.8. The maximum absolute atomic E-state index is 13.7. The second-order valence-corrected chi connectivity index (χ2v) is 13.0. The minimum atomic E-state index is -1.23. The average molecular weight is 514 g/mol. The highest BCUT2D eigenvalue weighted by Gasteiger charge is 2.53. The van der Waals surface area contributed by atoms with E-state index in [9.17, 15) is 24.3 Å². The van der Waals surface area contributed by atoms with Gasteiger partial charge in [-0.05, 0) is 47.3 Å². The number of likely N-dealkylation sites (tertiary alicyclic amines) is 2. The van der Waals surface area contributed by atoms with E-state index in [-0.39, 0.29) is 35.5 Å². The molecule has 4 unspecified atom stereocenters. The summed E-state index contributed by atoms with van der Waals surface area (Å²) in [5.74, 6) is -1.20. The van der Waals surface area contributed by atoms with Crippen LogP contribution in [0, 0.1) is 11.3 Å². The normalized spacial score (nSPS) is 21.7. The summed E-state index contributed by atoms with van der Waals surface area (Å²) in [4.78, 5) is 55.7. The topological polar surface area (TPSA) is 107 Å². The monoisotopic (exact) mass is 513 g/mol. The number of hydrogen-bond acceptors (Lipinski definition) is 5. The van der Waals surface area contributed by atoms with Crippen molar-refractivity contribution in [1.82, 2.24) is 15.1 Å². The highest BCUT2D eigenvalue weighted by molar-refractivity contribution is 6.01. The summed E-state index contributed by atoms with van der Waals surface area (Å²) >= 11 is 0. The Morgan fingerprint density at radius 3 is 2.11 bits per heavy atom. The van der Waals surface area contributed by atoms with Crippen molar-refractivity contribution < 1.29 is 24.3 Å². The first-order valence-corrected chi connectivity index (χ1v) is 13.3. The molecule has 2 aliphatic heterocycles. The zero-order valence-corrected chi connectivity index (χ0v) is 23.5. The van der Waals surface area contributed by atoms with Crippen LogP contribution in [0.25, 0.3) is 0 Å². The molecule has 37 heavy (non-hydrogen) atoms. The molecule has 1 aromatic rings. The van der Waals surface area contributed by atoms with Crippen LogP contribution in [0.4, 0.5) is 0 Å². The van der Waals surface area contributed by atoms with Gasteiger partial charge in [0.25, 0.3) is 11.8 Å². The van der Waals surface area contributed by atoms with Crippen LogP contribution in [-0.2, 0) is 19.8 Å². The van der Waals surface area contributed by atoms with Gasteiger partial charge in [0, 0.05) is 12.1 Å². The average Bonchev–Trinajstić information content (AvgIpc) is 3.37. The fraction of sp³-hybridized carbons (Fsp3) is 0.655. The van der Waals surface area contributed by atoms with Crippen molar-refractivity contribution in [3.8, 4) is 0 Å². The Kier molecular flexibility index (Phi) is 8.22. The number of nitrogens with one attached hydrogen (secondary N) is 1. The van der Waals surface area contributed by atoms with Gasteiger partial charge in [0.05, 0.1) is 12.6 Å². The van der Waals surface area contributed by atoms with Crippen LogP contribution < -0.4 is 5.32 Å². The zero-order valence-electron chi connectivity index (χ0n) is 23.5. The van der Waals surface area contributed by atoms with Crippen LogP contribution in [0.15, 0.2) is 24.3 Å². The number of ketones is 1. The number of hydrogen-bond donors (Lipinski definition) is 2. The van der Waals surface area contributed by atoms with Crippen molar-refractivity contribution in [2.24, 2.45) is 11.3 Å². The van der Waals surface area contributed by atoms with E-state index in [1.54, 1.807) is 32.9 Å². The van der Waals surface area contributed by atoms with E-state index in [1.165, 1.54) is 9.80 Å². The number of amides is 3. The Bertz CT molecular complexity index is 1040. The fourth-order valence-corrected chi connectivity index (χ4v) is 5.14. The molecule has 2 heterocycles. The predicted molar refractivity (Wildman–Crippen MR) is 142 cm³/mol. The van der Waals surface area contributed by atoms with Gasteiger partial charge in [-0.15, -0.1) is 0 Å². The minimum Gasteiger partial charge on any atom is -0.383 e. The molecule has 8 heteroatoms. The summed E-state index contributed by atoms with van der Waals surface area (Å²) in [6, 6.07) is 5.39. The van der Waals surface area contributed by atoms with Crippen molar-refractivity contribution in [2.75, 3.05) is 13.1 Å². The van der Waals surface area contributed by atoms with Gasteiger partial charge in [-0.1, -0.05) is 67.5 Å². The predicted octanol–water partition coefficient (Wildman–Crippen LogP) is 2.92. The number of nitrogens with zero attached hydrogens (tertiary/aromatic N) is 2. The maximum Gasteiger partial charge on any atom is 0.252 e. The number of aliphatic hydroxyl groups is 1. The van der Waals surface area contributed by atoms with E-state index in [4.69, 9.17) is 0 Å². The van der Waals surface area contributed by atoms with Gasteiger partial charge < -0.3 is 20.2 Å². The number of carbonyl (C=O) groups is 4. The molecule has 0 spiro atoms. The molecule has 204 valence electrons. The van der Waals surface area contributed by atoms with Crippen LogP contribution in [0.3, 0.4) is 0 Å². The lowest BCUT2D eigenvalue weighted by Gasteiger charge is -2.31. The number of aliphatic hydroxyl groups excluding tert-OH is 1. The van der Waals surface area contributed by atoms with Gasteiger partial charge in [-0.3, -0.25) is 19.2 Å². The third kappa shape index (κ3) is 6.22. The Morgan fingerprint density at radius 2 is 1.59 bits per heavy atom. The van der Waals surface area contributed by atoms with E-state index in [1.807, 2.05) is 26.0 Å². The molecular weight excluding hydrogens is 470 g/mol. The molecule has 0 bridgehead atoms. The molecule has 1 aromatic carbocycles. The van der Waals surface area contributed by atoms with Crippen LogP contribution >= 0.6 is 0 Å². The maximum atomic E-state index is 13.7. The quantitative estimate of drug-likeness (QED) is 0.608. The Morgan fingerprint density at radius 1 is 1.00 bits per heavy atom. The summed E-state index contributed by atoms with van der Waals surface area (Å²) in [5.41, 5.74) is 0.879. The largest absolute Gasteiger partial charge is 0.383 e.